The van der Waals surface area contributed by atoms with Crippen LogP contribution in [0, 0.1) is 5.92 Å². The fourth-order valence-electron chi connectivity index (χ4n) is 3.77. The van der Waals surface area contributed by atoms with Crippen molar-refractivity contribution in [1.82, 2.24) is 15.3 Å². The van der Waals surface area contributed by atoms with Gasteiger partial charge in [0, 0.05) is 31.7 Å². The number of anilines is 1. The zero-order chi connectivity index (χ0) is 20.9. The molecule has 3 aromatic rings. The summed E-state index contributed by atoms with van der Waals surface area (Å²) < 4.78 is 10.7. The summed E-state index contributed by atoms with van der Waals surface area (Å²) in [6.07, 6.45) is 4.15. The molecule has 0 unspecified atom stereocenters. The molecule has 0 radical (unpaired) electrons. The minimum Gasteiger partial charge on any atom is -0.497 e. The highest BCUT2D eigenvalue weighted by Gasteiger charge is 2.26. The maximum atomic E-state index is 12.6. The van der Waals surface area contributed by atoms with Crippen molar-refractivity contribution in [2.24, 2.45) is 5.92 Å². The van der Waals surface area contributed by atoms with Crippen LogP contribution in [0.4, 0.5) is 5.13 Å². The van der Waals surface area contributed by atoms with Gasteiger partial charge in [0.1, 0.15) is 21.8 Å². The predicted molar refractivity (Wildman–Crippen MR) is 119 cm³/mol. The van der Waals surface area contributed by atoms with E-state index in [0.717, 1.165) is 58.5 Å². The Hall–Kier alpha value is -2.87. The molecule has 1 aliphatic rings. The standard InChI is InChI=1S/C22H26N4O3S/c1-28-17-5-6-19(29-2)16(14-17)7-11-23-20(27)15-8-12-26(13-9-15)22-25-18-4-3-10-24-21(18)30-22/h3-6,10,14-15H,7-9,11-13H2,1-2H3,(H,23,27). The lowest BCUT2D eigenvalue weighted by molar-refractivity contribution is -0.125. The number of pyridine rings is 1. The summed E-state index contributed by atoms with van der Waals surface area (Å²) in [7, 11) is 3.30. The van der Waals surface area contributed by atoms with E-state index in [9.17, 15) is 4.79 Å². The molecule has 1 aliphatic heterocycles. The molecular formula is C22H26N4O3S. The Morgan fingerprint density at radius 2 is 2.07 bits per heavy atom. The van der Waals surface area contributed by atoms with Gasteiger partial charge in [-0.2, -0.15) is 0 Å². The van der Waals surface area contributed by atoms with Gasteiger partial charge in [0.2, 0.25) is 5.91 Å². The van der Waals surface area contributed by atoms with E-state index < -0.39 is 0 Å². The predicted octanol–water partition coefficient (Wildman–Crippen LogP) is 3.28. The monoisotopic (exact) mass is 426 g/mol. The Bertz CT molecular complexity index is 982. The number of rotatable bonds is 7. The summed E-state index contributed by atoms with van der Waals surface area (Å²) >= 11 is 1.61. The van der Waals surface area contributed by atoms with Crippen LogP contribution >= 0.6 is 11.3 Å². The molecule has 0 saturated carbocycles. The van der Waals surface area contributed by atoms with Gasteiger partial charge in [-0.15, -0.1) is 0 Å². The highest BCUT2D eigenvalue weighted by molar-refractivity contribution is 7.21. The second-order valence-corrected chi connectivity index (χ2v) is 8.26. The van der Waals surface area contributed by atoms with E-state index in [1.165, 1.54) is 0 Å². The molecule has 1 N–H and O–H groups in total. The molecule has 1 fully saturated rings. The average Bonchev–Trinajstić information content (AvgIpc) is 3.23. The van der Waals surface area contributed by atoms with Gasteiger partial charge in [-0.3, -0.25) is 4.79 Å². The number of piperidine rings is 1. The number of benzene rings is 1. The summed E-state index contributed by atoms with van der Waals surface area (Å²) in [6.45, 7) is 2.25. The van der Waals surface area contributed by atoms with Crippen LogP contribution in [0.5, 0.6) is 11.5 Å². The molecule has 30 heavy (non-hydrogen) atoms. The zero-order valence-electron chi connectivity index (χ0n) is 17.3. The van der Waals surface area contributed by atoms with Gasteiger partial charge in [-0.1, -0.05) is 11.3 Å². The quantitative estimate of drug-likeness (QED) is 0.625. The number of carbonyl (C=O) groups is 1. The molecule has 1 saturated heterocycles. The fourth-order valence-corrected chi connectivity index (χ4v) is 4.73. The number of ether oxygens (including phenoxy) is 2. The van der Waals surface area contributed by atoms with Gasteiger partial charge in [-0.05, 0) is 55.2 Å². The number of nitrogens with one attached hydrogen (secondary N) is 1. The summed E-state index contributed by atoms with van der Waals surface area (Å²) in [5.74, 6) is 1.77. The van der Waals surface area contributed by atoms with Crippen LogP contribution in [0.3, 0.4) is 0 Å². The van der Waals surface area contributed by atoms with Crippen LogP contribution in [-0.2, 0) is 11.2 Å². The molecule has 1 amide bonds. The lowest BCUT2D eigenvalue weighted by Gasteiger charge is -2.31. The molecule has 4 rings (SSSR count). The van der Waals surface area contributed by atoms with Crippen LogP contribution in [0.25, 0.3) is 10.3 Å². The smallest absolute Gasteiger partial charge is 0.223 e. The normalized spacial score (nSPS) is 14.7. The van der Waals surface area contributed by atoms with Crippen molar-refractivity contribution in [1.29, 1.82) is 0 Å². The van der Waals surface area contributed by atoms with Crippen LogP contribution in [0.2, 0.25) is 0 Å². The number of fused-ring (bicyclic) bond motifs is 1. The van der Waals surface area contributed by atoms with Crippen molar-refractivity contribution < 1.29 is 14.3 Å². The Morgan fingerprint density at radius 3 is 2.80 bits per heavy atom. The van der Waals surface area contributed by atoms with Crippen molar-refractivity contribution in [3.8, 4) is 11.5 Å². The maximum Gasteiger partial charge on any atom is 0.223 e. The minimum absolute atomic E-state index is 0.0426. The molecule has 8 heteroatoms. The number of aromatic nitrogens is 2. The third-order valence-electron chi connectivity index (χ3n) is 5.47. The Kier molecular flexibility index (Phi) is 6.32. The molecular weight excluding hydrogens is 400 g/mol. The average molecular weight is 427 g/mol. The number of thiazole rings is 1. The fraction of sp³-hybridized carbons (Fsp3) is 0.409. The van der Waals surface area contributed by atoms with Crippen LogP contribution in [0.15, 0.2) is 36.5 Å². The van der Waals surface area contributed by atoms with E-state index in [1.807, 2.05) is 30.3 Å². The van der Waals surface area contributed by atoms with Gasteiger partial charge in [0.05, 0.1) is 14.2 Å². The number of hydrogen-bond donors (Lipinski definition) is 1. The van der Waals surface area contributed by atoms with Crippen molar-refractivity contribution in [2.75, 3.05) is 38.8 Å². The van der Waals surface area contributed by atoms with E-state index >= 15 is 0 Å². The van der Waals surface area contributed by atoms with Crippen molar-refractivity contribution >= 4 is 32.7 Å². The summed E-state index contributed by atoms with van der Waals surface area (Å²) in [5, 5.41) is 4.08. The van der Waals surface area contributed by atoms with Crippen molar-refractivity contribution in [3.05, 3.63) is 42.1 Å². The highest BCUT2D eigenvalue weighted by atomic mass is 32.1. The first-order valence-corrected chi connectivity index (χ1v) is 10.9. The van der Waals surface area contributed by atoms with E-state index in [1.54, 1.807) is 31.8 Å². The molecule has 7 nitrogen and oxygen atoms in total. The first-order chi connectivity index (χ1) is 14.7. The number of hydrogen-bond acceptors (Lipinski definition) is 7. The Balaban J connectivity index is 1.27. The molecule has 0 spiro atoms. The lowest BCUT2D eigenvalue weighted by Crippen LogP contribution is -2.41. The second kappa shape index (κ2) is 9.30. The molecule has 158 valence electrons. The Morgan fingerprint density at radius 1 is 1.23 bits per heavy atom. The van der Waals surface area contributed by atoms with Crippen molar-refractivity contribution in [2.45, 2.75) is 19.3 Å². The number of methoxy groups -OCH3 is 2. The van der Waals surface area contributed by atoms with Crippen LogP contribution in [-0.4, -0.2) is 49.7 Å². The van der Waals surface area contributed by atoms with Crippen LogP contribution < -0.4 is 19.7 Å². The summed E-state index contributed by atoms with van der Waals surface area (Å²) in [4.78, 5) is 24.9. The van der Waals surface area contributed by atoms with E-state index in [-0.39, 0.29) is 11.8 Å². The number of amides is 1. The van der Waals surface area contributed by atoms with Gasteiger partial charge in [0.25, 0.3) is 0 Å². The molecule has 3 heterocycles. The first kappa shape index (κ1) is 20.4. The molecule has 0 atom stereocenters. The van der Waals surface area contributed by atoms with Gasteiger partial charge in [0.15, 0.2) is 5.13 Å². The highest BCUT2D eigenvalue weighted by Crippen LogP contribution is 2.30. The van der Waals surface area contributed by atoms with E-state index in [2.05, 4.69) is 20.2 Å². The van der Waals surface area contributed by atoms with E-state index in [0.29, 0.717) is 13.0 Å². The first-order valence-electron chi connectivity index (χ1n) is 10.1. The molecule has 1 aromatic carbocycles. The maximum absolute atomic E-state index is 12.6. The summed E-state index contributed by atoms with van der Waals surface area (Å²) in [5.41, 5.74) is 1.96. The largest absolute Gasteiger partial charge is 0.497 e. The zero-order valence-corrected chi connectivity index (χ0v) is 18.1. The van der Waals surface area contributed by atoms with Gasteiger partial charge in [-0.25, -0.2) is 9.97 Å². The minimum atomic E-state index is 0.0426. The van der Waals surface area contributed by atoms with Gasteiger partial charge >= 0.3 is 0 Å². The van der Waals surface area contributed by atoms with Crippen LogP contribution in [0.1, 0.15) is 18.4 Å². The van der Waals surface area contributed by atoms with Gasteiger partial charge < -0.3 is 19.7 Å². The number of nitrogens with zero attached hydrogens (tertiary/aromatic N) is 3. The molecule has 2 aromatic heterocycles. The number of carbonyl (C=O) groups excluding carboxylic acids is 1. The molecule has 0 aliphatic carbocycles. The third kappa shape index (κ3) is 4.48. The SMILES string of the molecule is COc1ccc(OC)c(CCNC(=O)C2CCN(c3nc4cccnc4s3)CC2)c1. The molecule has 0 bridgehead atoms. The lowest BCUT2D eigenvalue weighted by atomic mass is 9.96. The topological polar surface area (TPSA) is 76.6 Å². The van der Waals surface area contributed by atoms with Crippen molar-refractivity contribution in [3.63, 3.8) is 0 Å². The second-order valence-electron chi connectivity index (χ2n) is 7.30. The summed E-state index contributed by atoms with van der Waals surface area (Å²) in [6, 6.07) is 9.61. The Labute approximate surface area is 180 Å². The van der Waals surface area contributed by atoms with E-state index in [4.69, 9.17) is 9.47 Å². The third-order valence-corrected chi connectivity index (χ3v) is 6.51.